The van der Waals surface area contributed by atoms with Crippen molar-refractivity contribution < 1.29 is 9.84 Å². The number of hydrogen-bond donors (Lipinski definition) is 2. The molecule has 0 radical (unpaired) electrons. The van der Waals surface area contributed by atoms with Crippen LogP contribution in [0.25, 0.3) is 0 Å². The molecular formula is C10H13Cl2NO2. The van der Waals surface area contributed by atoms with Crippen LogP contribution in [0.1, 0.15) is 5.56 Å². The van der Waals surface area contributed by atoms with E-state index in [1.54, 1.807) is 12.1 Å². The van der Waals surface area contributed by atoms with Gasteiger partial charge >= 0.3 is 0 Å². The Labute approximate surface area is 98.7 Å². The molecular weight excluding hydrogens is 237 g/mol. The number of aliphatic hydroxyl groups excluding tert-OH is 1. The maximum atomic E-state index is 9.40. The molecule has 0 bridgehead atoms. The van der Waals surface area contributed by atoms with Gasteiger partial charge in [0, 0.05) is 24.1 Å². The Morgan fingerprint density at radius 2 is 2.07 bits per heavy atom. The molecule has 0 aromatic heterocycles. The van der Waals surface area contributed by atoms with E-state index >= 15 is 0 Å². The molecule has 1 atom stereocenters. The maximum Gasteiger partial charge on any atom is 0.138 e. The minimum Gasteiger partial charge on any atom is -0.495 e. The Morgan fingerprint density at radius 3 is 2.60 bits per heavy atom. The largest absolute Gasteiger partial charge is 0.495 e. The Balaban J connectivity index is 2.95. The molecule has 0 fully saturated rings. The number of nitrogens with two attached hydrogens (primary N) is 1. The molecule has 0 amide bonds. The van der Waals surface area contributed by atoms with Gasteiger partial charge in [0.15, 0.2) is 0 Å². The lowest BCUT2D eigenvalue weighted by molar-refractivity contribution is 0.183. The van der Waals surface area contributed by atoms with Crippen LogP contribution in [0.5, 0.6) is 5.75 Å². The van der Waals surface area contributed by atoms with Gasteiger partial charge in [0.1, 0.15) is 5.75 Å². The second-order valence-electron chi connectivity index (χ2n) is 3.17. The predicted octanol–water partition coefficient (Wildman–Crippen LogP) is 1.86. The van der Waals surface area contributed by atoms with E-state index in [0.717, 1.165) is 5.56 Å². The molecule has 84 valence electrons. The molecule has 15 heavy (non-hydrogen) atoms. The summed E-state index contributed by atoms with van der Waals surface area (Å²) in [7, 11) is 1.52. The molecule has 1 aromatic carbocycles. The summed E-state index contributed by atoms with van der Waals surface area (Å²) in [6.45, 7) is 0.194. The van der Waals surface area contributed by atoms with Gasteiger partial charge in [-0.15, -0.1) is 0 Å². The normalized spacial score (nSPS) is 12.6. The number of aliphatic hydroxyl groups is 1. The number of rotatable bonds is 4. The third-order valence-electron chi connectivity index (χ3n) is 2.05. The van der Waals surface area contributed by atoms with Crippen molar-refractivity contribution in [2.24, 2.45) is 5.73 Å². The van der Waals surface area contributed by atoms with E-state index in [1.807, 2.05) is 0 Å². The lowest BCUT2D eigenvalue weighted by Gasteiger charge is -2.11. The summed E-state index contributed by atoms with van der Waals surface area (Å²) in [6, 6.07) is 3.31. The molecule has 0 spiro atoms. The average Bonchev–Trinajstić information content (AvgIpc) is 2.22. The first kappa shape index (κ1) is 12.6. The smallest absolute Gasteiger partial charge is 0.138 e. The number of methoxy groups -OCH3 is 1. The first-order chi connectivity index (χ1) is 7.08. The van der Waals surface area contributed by atoms with Gasteiger partial charge in [0.2, 0.25) is 0 Å². The molecule has 0 saturated carbocycles. The molecule has 0 aliphatic heterocycles. The Kier molecular flexibility index (Phi) is 4.67. The van der Waals surface area contributed by atoms with Crippen molar-refractivity contribution in [3.63, 3.8) is 0 Å². The van der Waals surface area contributed by atoms with Gasteiger partial charge in [-0.1, -0.05) is 23.2 Å². The van der Waals surface area contributed by atoms with Crippen molar-refractivity contribution in [2.75, 3.05) is 13.7 Å². The van der Waals surface area contributed by atoms with E-state index in [2.05, 4.69) is 0 Å². The highest BCUT2D eigenvalue weighted by Crippen LogP contribution is 2.31. The standard InChI is InChI=1S/C10H13Cl2NO2/c1-15-10-4-8(11)6(3-9(10)12)2-7(14)5-13/h3-4,7,14H,2,5,13H2,1H3. The molecule has 3 N–H and O–H groups in total. The van der Waals surface area contributed by atoms with Crippen molar-refractivity contribution >= 4 is 23.2 Å². The first-order valence-corrected chi connectivity index (χ1v) is 5.24. The van der Waals surface area contributed by atoms with Gasteiger partial charge in [-0.2, -0.15) is 0 Å². The minimum atomic E-state index is -0.605. The molecule has 1 aromatic rings. The van der Waals surface area contributed by atoms with Crippen LogP contribution < -0.4 is 10.5 Å². The number of halogens is 2. The average molecular weight is 250 g/mol. The van der Waals surface area contributed by atoms with E-state index in [0.29, 0.717) is 22.2 Å². The quantitative estimate of drug-likeness (QED) is 0.857. The number of hydrogen-bond acceptors (Lipinski definition) is 3. The number of ether oxygens (including phenoxy) is 1. The molecule has 0 saturated heterocycles. The molecule has 1 unspecified atom stereocenters. The van der Waals surface area contributed by atoms with Crippen molar-refractivity contribution in [1.82, 2.24) is 0 Å². The fourth-order valence-electron chi connectivity index (χ4n) is 1.22. The fourth-order valence-corrected chi connectivity index (χ4v) is 1.71. The van der Waals surface area contributed by atoms with E-state index in [-0.39, 0.29) is 6.54 Å². The lowest BCUT2D eigenvalue weighted by Crippen LogP contribution is -2.22. The third-order valence-corrected chi connectivity index (χ3v) is 2.70. The van der Waals surface area contributed by atoms with Crippen LogP contribution in [-0.4, -0.2) is 24.9 Å². The van der Waals surface area contributed by atoms with Crippen molar-refractivity contribution in [3.8, 4) is 5.75 Å². The van der Waals surface area contributed by atoms with Crippen LogP contribution in [0.4, 0.5) is 0 Å². The Bertz CT molecular complexity index is 344. The third kappa shape index (κ3) is 3.24. The molecule has 5 heteroatoms. The molecule has 0 aliphatic carbocycles. The molecule has 0 aliphatic rings. The highest BCUT2D eigenvalue weighted by atomic mass is 35.5. The zero-order valence-electron chi connectivity index (χ0n) is 8.34. The molecule has 1 rings (SSSR count). The van der Waals surface area contributed by atoms with Crippen LogP contribution in [0, 0.1) is 0 Å². The van der Waals surface area contributed by atoms with Gasteiger partial charge in [0.05, 0.1) is 18.2 Å². The zero-order chi connectivity index (χ0) is 11.4. The van der Waals surface area contributed by atoms with Gasteiger partial charge in [-0.05, 0) is 11.6 Å². The van der Waals surface area contributed by atoms with E-state index < -0.39 is 6.10 Å². The highest BCUT2D eigenvalue weighted by molar-refractivity contribution is 6.34. The molecule has 0 heterocycles. The fraction of sp³-hybridized carbons (Fsp3) is 0.400. The topological polar surface area (TPSA) is 55.5 Å². The second kappa shape index (κ2) is 5.56. The summed E-state index contributed by atoms with van der Waals surface area (Å²) >= 11 is 11.9. The van der Waals surface area contributed by atoms with Gasteiger partial charge in [0.25, 0.3) is 0 Å². The van der Waals surface area contributed by atoms with Crippen LogP contribution in [0.2, 0.25) is 10.0 Å². The van der Waals surface area contributed by atoms with Crippen molar-refractivity contribution in [1.29, 1.82) is 0 Å². The van der Waals surface area contributed by atoms with Gasteiger partial charge < -0.3 is 15.6 Å². The van der Waals surface area contributed by atoms with Crippen molar-refractivity contribution in [2.45, 2.75) is 12.5 Å². The van der Waals surface area contributed by atoms with Crippen LogP contribution in [-0.2, 0) is 6.42 Å². The van der Waals surface area contributed by atoms with Crippen molar-refractivity contribution in [3.05, 3.63) is 27.7 Å². The van der Waals surface area contributed by atoms with Gasteiger partial charge in [-0.25, -0.2) is 0 Å². The monoisotopic (exact) mass is 249 g/mol. The maximum absolute atomic E-state index is 9.40. The van der Waals surface area contributed by atoms with E-state index in [1.165, 1.54) is 7.11 Å². The van der Waals surface area contributed by atoms with Crippen LogP contribution in [0.15, 0.2) is 12.1 Å². The summed E-state index contributed by atoms with van der Waals surface area (Å²) in [4.78, 5) is 0. The summed E-state index contributed by atoms with van der Waals surface area (Å²) in [5.41, 5.74) is 6.08. The van der Waals surface area contributed by atoms with E-state index in [9.17, 15) is 5.11 Å². The summed E-state index contributed by atoms with van der Waals surface area (Å²) < 4.78 is 5.01. The van der Waals surface area contributed by atoms with Crippen LogP contribution in [0.3, 0.4) is 0 Å². The van der Waals surface area contributed by atoms with E-state index in [4.69, 9.17) is 33.7 Å². The van der Waals surface area contributed by atoms with Gasteiger partial charge in [-0.3, -0.25) is 0 Å². The summed E-state index contributed by atoms with van der Waals surface area (Å²) in [6.07, 6.45) is -0.217. The minimum absolute atomic E-state index is 0.194. The predicted molar refractivity (Wildman–Crippen MR) is 61.8 cm³/mol. The second-order valence-corrected chi connectivity index (χ2v) is 3.99. The molecule has 3 nitrogen and oxygen atoms in total. The Hall–Kier alpha value is -0.480. The summed E-state index contributed by atoms with van der Waals surface area (Å²) in [5.74, 6) is 0.521. The first-order valence-electron chi connectivity index (χ1n) is 4.48. The summed E-state index contributed by atoms with van der Waals surface area (Å²) in [5, 5.41) is 10.4. The lowest BCUT2D eigenvalue weighted by atomic mass is 10.1. The Morgan fingerprint density at radius 1 is 1.40 bits per heavy atom. The number of benzene rings is 1. The zero-order valence-corrected chi connectivity index (χ0v) is 9.85. The van der Waals surface area contributed by atoms with Crippen LogP contribution >= 0.6 is 23.2 Å². The SMILES string of the molecule is COc1cc(Cl)c(CC(O)CN)cc1Cl. The highest BCUT2D eigenvalue weighted by Gasteiger charge is 2.11.